The molecule has 2 fully saturated rings. The van der Waals surface area contributed by atoms with Crippen LogP contribution >= 0.6 is 11.3 Å². The Morgan fingerprint density at radius 2 is 2.04 bits per heavy atom. The van der Waals surface area contributed by atoms with Crippen molar-refractivity contribution >= 4 is 34.5 Å². The molecule has 1 saturated heterocycles. The van der Waals surface area contributed by atoms with Crippen LogP contribution in [0.4, 0.5) is 5.13 Å². The maximum Gasteiger partial charge on any atom is 0.229 e. The van der Waals surface area contributed by atoms with Gasteiger partial charge in [0.25, 0.3) is 0 Å². The lowest BCUT2D eigenvalue weighted by molar-refractivity contribution is -0.118. The maximum absolute atomic E-state index is 12.5. The maximum atomic E-state index is 12.5. The number of anilines is 1. The second kappa shape index (κ2) is 6.49. The lowest BCUT2D eigenvalue weighted by atomic mass is 9.92. The lowest BCUT2D eigenvalue weighted by Gasteiger charge is -2.22. The molecule has 1 saturated carbocycles. The molecule has 1 spiro atoms. The summed E-state index contributed by atoms with van der Waals surface area (Å²) in [6.07, 6.45) is 7.28. The summed E-state index contributed by atoms with van der Waals surface area (Å²) >= 11 is 1.49. The van der Waals surface area contributed by atoms with Crippen LogP contribution in [0, 0.1) is 11.3 Å². The van der Waals surface area contributed by atoms with Crippen LogP contribution in [-0.2, 0) is 4.79 Å². The van der Waals surface area contributed by atoms with Crippen molar-refractivity contribution in [1.82, 2.24) is 10.3 Å². The van der Waals surface area contributed by atoms with Gasteiger partial charge in [0.1, 0.15) is 0 Å². The SMILES string of the molecule is O=C(Nc1nc(/C=C/c2ccccc2)cs1)C1CC12CCNCC2. The zero-order valence-electron chi connectivity index (χ0n) is 13.5. The Hall–Kier alpha value is -1.98. The molecule has 1 unspecified atom stereocenters. The fourth-order valence-corrected chi connectivity index (χ4v) is 4.24. The van der Waals surface area contributed by atoms with Gasteiger partial charge in [-0.05, 0) is 49.4 Å². The van der Waals surface area contributed by atoms with Crippen molar-refractivity contribution < 1.29 is 4.79 Å². The number of rotatable bonds is 4. The summed E-state index contributed by atoms with van der Waals surface area (Å²) in [5.74, 6) is 0.316. The van der Waals surface area contributed by atoms with Crippen LogP contribution in [0.15, 0.2) is 35.7 Å². The molecule has 1 aromatic heterocycles. The Labute approximate surface area is 146 Å². The molecule has 0 radical (unpaired) electrons. The largest absolute Gasteiger partial charge is 0.317 e. The van der Waals surface area contributed by atoms with Crippen LogP contribution < -0.4 is 10.6 Å². The van der Waals surface area contributed by atoms with E-state index in [1.165, 1.54) is 11.3 Å². The average molecular weight is 339 g/mol. The number of nitrogens with zero attached hydrogens (tertiary/aromatic N) is 1. The molecule has 2 aromatic rings. The van der Waals surface area contributed by atoms with Crippen molar-refractivity contribution in [3.8, 4) is 0 Å². The first-order valence-corrected chi connectivity index (χ1v) is 9.33. The van der Waals surface area contributed by atoms with E-state index in [2.05, 4.69) is 27.8 Å². The molecule has 5 heteroatoms. The molecule has 1 aliphatic heterocycles. The zero-order chi connectivity index (χ0) is 16.4. The summed E-state index contributed by atoms with van der Waals surface area (Å²) in [4.78, 5) is 17.0. The number of amides is 1. The molecule has 1 amide bonds. The van der Waals surface area contributed by atoms with Crippen LogP contribution in [0.3, 0.4) is 0 Å². The van der Waals surface area contributed by atoms with Crippen molar-refractivity contribution in [2.24, 2.45) is 11.3 Å². The van der Waals surface area contributed by atoms with Crippen molar-refractivity contribution in [3.63, 3.8) is 0 Å². The smallest absolute Gasteiger partial charge is 0.229 e. The minimum atomic E-state index is 0.143. The van der Waals surface area contributed by atoms with Gasteiger partial charge in [0, 0.05) is 11.3 Å². The summed E-state index contributed by atoms with van der Waals surface area (Å²) in [6, 6.07) is 10.1. The first-order valence-electron chi connectivity index (χ1n) is 8.45. The quantitative estimate of drug-likeness (QED) is 0.894. The molecule has 4 nitrogen and oxygen atoms in total. The Morgan fingerprint density at radius 3 is 2.83 bits per heavy atom. The molecule has 24 heavy (non-hydrogen) atoms. The summed E-state index contributed by atoms with van der Waals surface area (Å²) in [5.41, 5.74) is 2.29. The van der Waals surface area contributed by atoms with E-state index in [1.54, 1.807) is 0 Å². The molecule has 2 aliphatic rings. The van der Waals surface area contributed by atoms with Gasteiger partial charge in [0.05, 0.1) is 5.69 Å². The molecule has 2 heterocycles. The van der Waals surface area contributed by atoms with Crippen LogP contribution in [0.5, 0.6) is 0 Å². The fourth-order valence-electron chi connectivity index (χ4n) is 3.55. The van der Waals surface area contributed by atoms with Gasteiger partial charge in [-0.15, -0.1) is 11.3 Å². The molecule has 1 aliphatic carbocycles. The average Bonchev–Trinajstić information content (AvgIpc) is 3.12. The van der Waals surface area contributed by atoms with E-state index in [9.17, 15) is 4.79 Å². The van der Waals surface area contributed by atoms with E-state index in [-0.39, 0.29) is 17.2 Å². The third kappa shape index (κ3) is 3.28. The van der Waals surface area contributed by atoms with Crippen molar-refractivity contribution in [3.05, 3.63) is 47.0 Å². The van der Waals surface area contributed by atoms with E-state index in [0.717, 1.165) is 43.6 Å². The standard InChI is InChI=1S/C19H21N3OS/c23-17(16-12-19(16)8-10-20-11-9-19)22-18-21-15(13-24-18)7-6-14-4-2-1-3-5-14/h1-7,13,16,20H,8-12H2,(H,21,22,23)/b7-6+. The number of carbonyl (C=O) groups excluding carboxylic acids is 1. The number of aromatic nitrogens is 1. The fraction of sp³-hybridized carbons (Fsp3) is 0.368. The van der Waals surface area contributed by atoms with E-state index >= 15 is 0 Å². The van der Waals surface area contributed by atoms with Crippen LogP contribution in [-0.4, -0.2) is 24.0 Å². The molecule has 4 rings (SSSR count). The molecular formula is C19H21N3OS. The number of benzene rings is 1. The Morgan fingerprint density at radius 1 is 1.25 bits per heavy atom. The monoisotopic (exact) mass is 339 g/mol. The number of nitrogens with one attached hydrogen (secondary N) is 2. The van der Waals surface area contributed by atoms with Gasteiger partial charge in [0.15, 0.2) is 5.13 Å². The molecule has 0 bridgehead atoms. The van der Waals surface area contributed by atoms with Crippen molar-refractivity contribution in [1.29, 1.82) is 0 Å². The molecule has 1 aromatic carbocycles. The highest BCUT2D eigenvalue weighted by molar-refractivity contribution is 7.14. The van der Waals surface area contributed by atoms with E-state index < -0.39 is 0 Å². The van der Waals surface area contributed by atoms with Gasteiger partial charge in [0.2, 0.25) is 5.91 Å². The zero-order valence-corrected chi connectivity index (χ0v) is 14.3. The number of thiazole rings is 1. The Bertz CT molecular complexity index is 747. The topological polar surface area (TPSA) is 54.0 Å². The van der Waals surface area contributed by atoms with Crippen molar-refractivity contribution in [2.45, 2.75) is 19.3 Å². The Balaban J connectivity index is 1.36. The van der Waals surface area contributed by atoms with Gasteiger partial charge in [-0.2, -0.15) is 0 Å². The highest BCUT2D eigenvalue weighted by Crippen LogP contribution is 2.58. The summed E-state index contributed by atoms with van der Waals surface area (Å²) in [7, 11) is 0. The van der Waals surface area contributed by atoms with Gasteiger partial charge >= 0.3 is 0 Å². The van der Waals surface area contributed by atoms with Crippen LogP contribution in [0.2, 0.25) is 0 Å². The Kier molecular flexibility index (Phi) is 4.21. The van der Waals surface area contributed by atoms with Crippen LogP contribution in [0.1, 0.15) is 30.5 Å². The predicted molar refractivity (Wildman–Crippen MR) is 98.8 cm³/mol. The van der Waals surface area contributed by atoms with Gasteiger partial charge < -0.3 is 10.6 Å². The molecular weight excluding hydrogens is 318 g/mol. The van der Waals surface area contributed by atoms with Gasteiger partial charge in [-0.1, -0.05) is 36.4 Å². The van der Waals surface area contributed by atoms with Crippen LogP contribution in [0.25, 0.3) is 12.2 Å². The normalized spacial score (nSPS) is 21.9. The number of piperidine rings is 1. The van der Waals surface area contributed by atoms with Crippen molar-refractivity contribution in [2.75, 3.05) is 18.4 Å². The summed E-state index contributed by atoms with van der Waals surface area (Å²) < 4.78 is 0. The number of hydrogen-bond donors (Lipinski definition) is 2. The van der Waals surface area contributed by atoms with Gasteiger partial charge in [-0.25, -0.2) is 4.98 Å². The summed E-state index contributed by atoms with van der Waals surface area (Å²) in [6.45, 7) is 2.07. The molecule has 2 N–H and O–H groups in total. The number of carbonyl (C=O) groups is 1. The highest BCUT2D eigenvalue weighted by atomic mass is 32.1. The second-order valence-corrected chi connectivity index (χ2v) is 7.54. The third-order valence-electron chi connectivity index (χ3n) is 5.10. The first-order chi connectivity index (χ1) is 11.8. The minimum absolute atomic E-state index is 0.143. The van der Waals surface area contributed by atoms with Gasteiger partial charge in [-0.3, -0.25) is 4.79 Å². The minimum Gasteiger partial charge on any atom is -0.317 e. The molecule has 124 valence electrons. The highest BCUT2D eigenvalue weighted by Gasteiger charge is 2.57. The van der Waals surface area contributed by atoms with E-state index in [0.29, 0.717) is 5.13 Å². The lowest BCUT2D eigenvalue weighted by Crippen LogP contribution is -2.31. The van der Waals surface area contributed by atoms with E-state index in [4.69, 9.17) is 0 Å². The molecule has 1 atom stereocenters. The third-order valence-corrected chi connectivity index (χ3v) is 5.88. The van der Waals surface area contributed by atoms with E-state index in [1.807, 2.05) is 35.7 Å². The summed E-state index contributed by atoms with van der Waals surface area (Å²) in [5, 5.41) is 9.05. The second-order valence-electron chi connectivity index (χ2n) is 6.68. The predicted octanol–water partition coefficient (Wildman–Crippen LogP) is 3.64. The number of hydrogen-bond acceptors (Lipinski definition) is 4. The first kappa shape index (κ1) is 15.5.